The van der Waals surface area contributed by atoms with E-state index in [1.807, 2.05) is 0 Å². The van der Waals surface area contributed by atoms with Crippen LogP contribution < -0.4 is 20.5 Å². The molecule has 0 saturated heterocycles. The highest BCUT2D eigenvalue weighted by atomic mass is 19.1. The van der Waals surface area contributed by atoms with Gasteiger partial charge < -0.3 is 20.5 Å². The number of benzene rings is 2. The maximum absolute atomic E-state index is 12.7. The van der Waals surface area contributed by atoms with Gasteiger partial charge in [0.15, 0.2) is 0 Å². The van der Waals surface area contributed by atoms with Crippen molar-refractivity contribution in [2.24, 2.45) is 5.73 Å². The summed E-state index contributed by atoms with van der Waals surface area (Å²) in [5.41, 5.74) is 5.35. The summed E-state index contributed by atoms with van der Waals surface area (Å²) in [4.78, 5) is 22.3. The van der Waals surface area contributed by atoms with Crippen LogP contribution in [0.1, 0.15) is 10.4 Å². The smallest absolute Gasteiger partial charge is 0.251 e. The second-order valence-corrected chi connectivity index (χ2v) is 4.82. The molecule has 24 heavy (non-hydrogen) atoms. The lowest BCUT2D eigenvalue weighted by molar-refractivity contribution is -0.117. The van der Waals surface area contributed by atoms with Crippen LogP contribution in [0.4, 0.5) is 4.39 Å². The van der Waals surface area contributed by atoms with Gasteiger partial charge in [0.1, 0.15) is 30.5 Å². The second-order valence-electron chi connectivity index (χ2n) is 4.82. The monoisotopic (exact) mass is 332 g/mol. The third-order valence-electron chi connectivity index (χ3n) is 2.97. The topological polar surface area (TPSA) is 90.7 Å². The molecular weight excluding hydrogens is 315 g/mol. The number of carbonyl (C=O) groups is 2. The first-order chi connectivity index (χ1) is 11.5. The maximum atomic E-state index is 12.7. The van der Waals surface area contributed by atoms with E-state index in [4.69, 9.17) is 15.2 Å². The SMILES string of the molecule is NC(=O)CNC(=O)c1ccc(OCCOc2ccc(F)cc2)cc1. The molecule has 0 aliphatic heterocycles. The van der Waals surface area contributed by atoms with Crippen LogP contribution >= 0.6 is 0 Å². The number of amides is 2. The van der Waals surface area contributed by atoms with Crippen LogP contribution in [-0.2, 0) is 4.79 Å². The highest BCUT2D eigenvalue weighted by Gasteiger charge is 2.06. The van der Waals surface area contributed by atoms with Gasteiger partial charge >= 0.3 is 0 Å². The molecule has 0 atom stereocenters. The van der Waals surface area contributed by atoms with Gasteiger partial charge in [0, 0.05) is 5.56 Å². The van der Waals surface area contributed by atoms with Crippen molar-refractivity contribution in [3.05, 3.63) is 59.9 Å². The predicted octanol–water partition coefficient (Wildman–Crippen LogP) is 1.50. The zero-order chi connectivity index (χ0) is 17.4. The fraction of sp³-hybridized carbons (Fsp3) is 0.176. The second kappa shape index (κ2) is 8.52. The first-order valence-electron chi connectivity index (χ1n) is 7.22. The molecule has 0 saturated carbocycles. The summed E-state index contributed by atoms with van der Waals surface area (Å²) < 4.78 is 23.6. The minimum absolute atomic E-state index is 0.211. The molecule has 0 aromatic heterocycles. The van der Waals surface area contributed by atoms with Crippen molar-refractivity contribution in [2.75, 3.05) is 19.8 Å². The Labute approximate surface area is 138 Å². The van der Waals surface area contributed by atoms with Gasteiger partial charge in [-0.25, -0.2) is 4.39 Å². The Morgan fingerprint density at radius 2 is 1.42 bits per heavy atom. The van der Waals surface area contributed by atoms with E-state index in [0.717, 1.165) is 0 Å². The van der Waals surface area contributed by atoms with E-state index in [-0.39, 0.29) is 18.3 Å². The molecule has 2 aromatic carbocycles. The van der Waals surface area contributed by atoms with Crippen molar-refractivity contribution in [1.82, 2.24) is 5.32 Å². The first-order valence-corrected chi connectivity index (χ1v) is 7.22. The van der Waals surface area contributed by atoms with E-state index in [1.54, 1.807) is 24.3 Å². The molecule has 0 heterocycles. The Balaban J connectivity index is 1.74. The van der Waals surface area contributed by atoms with Crippen molar-refractivity contribution in [1.29, 1.82) is 0 Å². The van der Waals surface area contributed by atoms with E-state index in [9.17, 15) is 14.0 Å². The minimum Gasteiger partial charge on any atom is -0.490 e. The van der Waals surface area contributed by atoms with Crippen molar-refractivity contribution in [2.45, 2.75) is 0 Å². The number of carbonyl (C=O) groups excluding carboxylic acids is 2. The first kappa shape index (κ1) is 17.3. The van der Waals surface area contributed by atoms with Gasteiger partial charge in [-0.2, -0.15) is 0 Å². The summed E-state index contributed by atoms with van der Waals surface area (Å²) in [6, 6.07) is 12.1. The number of hydrogen-bond donors (Lipinski definition) is 2. The predicted molar refractivity (Wildman–Crippen MR) is 85.4 cm³/mol. The van der Waals surface area contributed by atoms with Crippen molar-refractivity contribution in [3.8, 4) is 11.5 Å². The molecule has 3 N–H and O–H groups in total. The summed E-state index contributed by atoms with van der Waals surface area (Å²) in [6.45, 7) is 0.384. The van der Waals surface area contributed by atoms with Crippen LogP contribution in [-0.4, -0.2) is 31.6 Å². The summed E-state index contributed by atoms with van der Waals surface area (Å²) in [5.74, 6) is -0.186. The number of nitrogens with two attached hydrogens (primary N) is 1. The van der Waals surface area contributed by atoms with Gasteiger partial charge in [-0.1, -0.05) is 0 Å². The maximum Gasteiger partial charge on any atom is 0.251 e. The molecule has 0 aliphatic rings. The van der Waals surface area contributed by atoms with Crippen LogP contribution in [0.25, 0.3) is 0 Å². The van der Waals surface area contributed by atoms with E-state index in [0.29, 0.717) is 30.3 Å². The quantitative estimate of drug-likeness (QED) is 0.717. The molecule has 2 rings (SSSR count). The highest BCUT2D eigenvalue weighted by Crippen LogP contribution is 2.13. The molecule has 0 aliphatic carbocycles. The molecular formula is C17H17FN2O4. The average Bonchev–Trinajstić information content (AvgIpc) is 2.58. The third kappa shape index (κ3) is 5.60. The Bertz CT molecular complexity index is 687. The van der Waals surface area contributed by atoms with Crippen molar-refractivity contribution >= 4 is 11.8 Å². The van der Waals surface area contributed by atoms with Crippen LogP contribution in [0.2, 0.25) is 0 Å². The van der Waals surface area contributed by atoms with E-state index in [1.165, 1.54) is 24.3 Å². The lowest BCUT2D eigenvalue weighted by atomic mass is 10.2. The number of hydrogen-bond acceptors (Lipinski definition) is 4. The molecule has 7 heteroatoms. The van der Waals surface area contributed by atoms with Gasteiger partial charge in [-0.3, -0.25) is 9.59 Å². The molecule has 2 aromatic rings. The van der Waals surface area contributed by atoms with Crippen LogP contribution in [0.15, 0.2) is 48.5 Å². The summed E-state index contributed by atoms with van der Waals surface area (Å²) in [6.07, 6.45) is 0. The number of ether oxygens (including phenoxy) is 2. The van der Waals surface area contributed by atoms with Crippen LogP contribution in [0.3, 0.4) is 0 Å². The Morgan fingerprint density at radius 1 is 0.917 bits per heavy atom. The standard InChI is InChI=1S/C17H17FN2O4/c18-13-3-7-15(8-4-13)24-10-9-23-14-5-1-12(2-6-14)17(22)20-11-16(19)21/h1-8H,9-11H2,(H2,19,21)(H,20,22). The molecule has 0 bridgehead atoms. The molecule has 0 fully saturated rings. The number of primary amides is 1. The normalized spacial score (nSPS) is 10.0. The zero-order valence-corrected chi connectivity index (χ0v) is 12.8. The third-order valence-corrected chi connectivity index (χ3v) is 2.97. The Hall–Kier alpha value is -3.09. The molecule has 126 valence electrons. The minimum atomic E-state index is -0.607. The van der Waals surface area contributed by atoms with Gasteiger partial charge in [0.2, 0.25) is 5.91 Å². The van der Waals surface area contributed by atoms with E-state index in [2.05, 4.69) is 5.32 Å². The molecule has 0 radical (unpaired) electrons. The Morgan fingerprint density at radius 3 is 1.92 bits per heavy atom. The molecule has 0 spiro atoms. The van der Waals surface area contributed by atoms with Crippen molar-refractivity contribution in [3.63, 3.8) is 0 Å². The van der Waals surface area contributed by atoms with E-state index >= 15 is 0 Å². The largest absolute Gasteiger partial charge is 0.490 e. The fourth-order valence-electron chi connectivity index (χ4n) is 1.82. The lowest BCUT2D eigenvalue weighted by Gasteiger charge is -2.09. The van der Waals surface area contributed by atoms with Crippen LogP contribution in [0, 0.1) is 5.82 Å². The molecule has 0 unspecified atom stereocenters. The van der Waals surface area contributed by atoms with Crippen LogP contribution in [0.5, 0.6) is 11.5 Å². The van der Waals surface area contributed by atoms with Gasteiger partial charge in [0.25, 0.3) is 5.91 Å². The number of nitrogens with one attached hydrogen (secondary N) is 1. The Kier molecular flexibility index (Phi) is 6.13. The van der Waals surface area contributed by atoms with E-state index < -0.39 is 5.91 Å². The van der Waals surface area contributed by atoms with Crippen molar-refractivity contribution < 1.29 is 23.5 Å². The number of halogens is 1. The summed E-state index contributed by atoms with van der Waals surface area (Å²) in [7, 11) is 0. The number of rotatable bonds is 8. The van der Waals surface area contributed by atoms with Gasteiger partial charge in [0.05, 0.1) is 6.54 Å². The molecule has 2 amide bonds. The van der Waals surface area contributed by atoms with Gasteiger partial charge in [-0.05, 0) is 48.5 Å². The summed E-state index contributed by atoms with van der Waals surface area (Å²) >= 11 is 0. The van der Waals surface area contributed by atoms with Gasteiger partial charge in [-0.15, -0.1) is 0 Å². The lowest BCUT2D eigenvalue weighted by Crippen LogP contribution is -2.33. The molecule has 6 nitrogen and oxygen atoms in total. The zero-order valence-electron chi connectivity index (χ0n) is 12.8. The highest BCUT2D eigenvalue weighted by molar-refractivity contribution is 5.96. The fourth-order valence-corrected chi connectivity index (χ4v) is 1.82. The summed E-state index contributed by atoms with van der Waals surface area (Å²) in [5, 5.41) is 2.39. The average molecular weight is 332 g/mol.